The number of aryl methyl sites for hydroxylation is 1. The van der Waals surface area contributed by atoms with E-state index < -0.39 is 5.91 Å². The molecule has 0 aliphatic heterocycles. The number of nitrogens with one attached hydrogen (secondary N) is 2. The van der Waals surface area contributed by atoms with Crippen LogP contribution in [0.5, 0.6) is 0 Å². The average Bonchev–Trinajstić information content (AvgIpc) is 2.67. The van der Waals surface area contributed by atoms with Gasteiger partial charge < -0.3 is 27.2 Å². The smallest absolute Gasteiger partial charge is 0.289 e. The van der Waals surface area contributed by atoms with Gasteiger partial charge >= 0.3 is 0 Å². The molecule has 7 N–H and O–H groups in total. The molecular weight excluding hydrogens is 429 g/mol. The summed E-state index contributed by atoms with van der Waals surface area (Å²) in [6.45, 7) is 1.99. The van der Waals surface area contributed by atoms with E-state index in [1.807, 2.05) is 25.1 Å². The lowest BCUT2D eigenvalue weighted by Crippen LogP contribution is -2.38. The molecule has 2 atom stereocenters. The lowest BCUT2D eigenvalue weighted by Gasteiger charge is -2.30. The third-order valence-electron chi connectivity index (χ3n) is 4.82. The van der Waals surface area contributed by atoms with Gasteiger partial charge in [-0.15, -0.1) is 24.8 Å². The number of aliphatic hydroxyl groups is 1. The molecule has 0 spiro atoms. The second-order valence-electron chi connectivity index (χ2n) is 7.05. The number of aliphatic hydroxyl groups excluding tert-OH is 1. The first kappa shape index (κ1) is 25.7. The van der Waals surface area contributed by atoms with Gasteiger partial charge in [-0.1, -0.05) is 24.5 Å². The lowest BCUT2D eigenvalue weighted by molar-refractivity contribution is 0.0935. The molecule has 1 saturated carbocycles. The number of aliphatic imine (C=N–C) groups is 1. The number of halogens is 2. The molecule has 1 aromatic heterocycles. The van der Waals surface area contributed by atoms with Gasteiger partial charge in [-0.25, -0.2) is 15.0 Å². The number of nitrogens with zero attached hydrogens (tertiary/aromatic N) is 3. The largest absolute Gasteiger partial charge is 0.395 e. The zero-order valence-electron chi connectivity index (χ0n) is 16.8. The van der Waals surface area contributed by atoms with E-state index >= 15 is 0 Å². The van der Waals surface area contributed by atoms with Crippen LogP contribution in [-0.2, 0) is 0 Å². The van der Waals surface area contributed by atoms with Crippen LogP contribution in [0.3, 0.4) is 0 Å². The number of anilines is 1. The Bertz CT molecular complexity index is 891. The minimum Gasteiger partial charge on any atom is -0.395 e. The van der Waals surface area contributed by atoms with Crippen LogP contribution in [0.4, 0.5) is 5.82 Å². The summed E-state index contributed by atoms with van der Waals surface area (Å²) in [5, 5.41) is 15.8. The van der Waals surface area contributed by atoms with Crippen molar-refractivity contribution in [3.63, 3.8) is 0 Å². The standard InChI is InChI=1S/C19H27N7O2.2ClH/c1-11-6-7-13-12(10-11)16(26-17(23-13)18(28)22-8-9-27)24-14-4-2-3-5-15(14)25-19(20)21;;/h6-7,10,14-15,27H,2-5,8-9H2,1H3,(H,22,28)(H4,20,21,25)(H,23,24,26);2*1H/t14-,15+;;/m0../s1. The van der Waals surface area contributed by atoms with E-state index in [-0.39, 0.29) is 61.8 Å². The number of guanidine groups is 1. The van der Waals surface area contributed by atoms with E-state index in [1.54, 1.807) is 0 Å². The van der Waals surface area contributed by atoms with Crippen LogP contribution in [0, 0.1) is 6.92 Å². The van der Waals surface area contributed by atoms with Gasteiger partial charge in [0.05, 0.1) is 24.2 Å². The Morgan fingerprint density at radius 2 is 1.97 bits per heavy atom. The molecule has 0 unspecified atom stereocenters. The van der Waals surface area contributed by atoms with Gasteiger partial charge in [0, 0.05) is 11.9 Å². The van der Waals surface area contributed by atoms with Gasteiger partial charge in [-0.3, -0.25) is 4.79 Å². The molecule has 1 amide bonds. The molecule has 0 radical (unpaired) electrons. The summed E-state index contributed by atoms with van der Waals surface area (Å²) in [4.78, 5) is 25.6. The van der Waals surface area contributed by atoms with Crippen molar-refractivity contribution in [3.8, 4) is 0 Å². The Kier molecular flexibility index (Phi) is 10.0. The van der Waals surface area contributed by atoms with E-state index in [0.29, 0.717) is 11.3 Å². The molecule has 1 aliphatic carbocycles. The van der Waals surface area contributed by atoms with Crippen LogP contribution in [0.1, 0.15) is 41.9 Å². The molecule has 0 bridgehead atoms. The van der Waals surface area contributed by atoms with Crippen LogP contribution in [0.2, 0.25) is 0 Å². The van der Waals surface area contributed by atoms with Crippen molar-refractivity contribution >= 4 is 53.4 Å². The number of carbonyl (C=O) groups is 1. The summed E-state index contributed by atoms with van der Waals surface area (Å²) >= 11 is 0. The third kappa shape index (κ3) is 6.32. The summed E-state index contributed by atoms with van der Waals surface area (Å²) in [6, 6.07) is 5.78. The highest BCUT2D eigenvalue weighted by Gasteiger charge is 2.26. The van der Waals surface area contributed by atoms with Crippen LogP contribution in [-0.4, -0.2) is 52.2 Å². The fourth-order valence-corrected chi connectivity index (χ4v) is 3.50. The Labute approximate surface area is 187 Å². The van der Waals surface area contributed by atoms with Crippen molar-refractivity contribution in [1.29, 1.82) is 0 Å². The lowest BCUT2D eigenvalue weighted by atomic mass is 9.90. The molecule has 11 heteroatoms. The van der Waals surface area contributed by atoms with E-state index in [0.717, 1.165) is 36.6 Å². The second-order valence-corrected chi connectivity index (χ2v) is 7.05. The Morgan fingerprint density at radius 3 is 2.67 bits per heavy atom. The van der Waals surface area contributed by atoms with Gasteiger partial charge in [0.2, 0.25) is 5.82 Å². The van der Waals surface area contributed by atoms with Gasteiger partial charge in [0.1, 0.15) is 5.82 Å². The molecule has 3 rings (SSSR count). The molecule has 2 aromatic rings. The minimum absolute atomic E-state index is 0. The highest BCUT2D eigenvalue weighted by molar-refractivity contribution is 5.96. The number of rotatable bonds is 6. The van der Waals surface area contributed by atoms with E-state index in [1.165, 1.54) is 0 Å². The molecule has 9 nitrogen and oxygen atoms in total. The molecular formula is C19H29Cl2N7O2. The molecule has 1 aromatic carbocycles. The maximum atomic E-state index is 12.3. The topological polar surface area (TPSA) is 152 Å². The molecule has 0 saturated heterocycles. The Balaban J connectivity index is 0.00000225. The van der Waals surface area contributed by atoms with Crippen molar-refractivity contribution in [3.05, 3.63) is 29.6 Å². The van der Waals surface area contributed by atoms with Crippen molar-refractivity contribution in [2.75, 3.05) is 18.5 Å². The fourth-order valence-electron chi connectivity index (χ4n) is 3.50. The molecule has 1 heterocycles. The number of aromatic nitrogens is 2. The van der Waals surface area contributed by atoms with Gasteiger partial charge in [-0.05, 0) is 31.9 Å². The van der Waals surface area contributed by atoms with Crippen molar-refractivity contribution in [2.24, 2.45) is 16.5 Å². The van der Waals surface area contributed by atoms with Crippen molar-refractivity contribution < 1.29 is 9.90 Å². The normalized spacial score (nSPS) is 17.9. The van der Waals surface area contributed by atoms with Crippen LogP contribution >= 0.6 is 24.8 Å². The van der Waals surface area contributed by atoms with Crippen LogP contribution in [0.15, 0.2) is 23.2 Å². The highest BCUT2D eigenvalue weighted by Crippen LogP contribution is 2.28. The minimum atomic E-state index is -0.427. The van der Waals surface area contributed by atoms with Crippen LogP contribution in [0.25, 0.3) is 10.9 Å². The summed E-state index contributed by atoms with van der Waals surface area (Å²) < 4.78 is 0. The fraction of sp³-hybridized carbons (Fsp3) is 0.474. The number of hydrogen-bond acceptors (Lipinski definition) is 6. The van der Waals surface area contributed by atoms with Crippen molar-refractivity contribution in [1.82, 2.24) is 15.3 Å². The average molecular weight is 458 g/mol. The maximum absolute atomic E-state index is 12.3. The highest BCUT2D eigenvalue weighted by atomic mass is 35.5. The molecule has 166 valence electrons. The predicted octanol–water partition coefficient (Wildman–Crippen LogP) is 1.50. The van der Waals surface area contributed by atoms with Crippen LogP contribution < -0.4 is 22.1 Å². The summed E-state index contributed by atoms with van der Waals surface area (Å²) in [7, 11) is 0. The van der Waals surface area contributed by atoms with E-state index in [2.05, 4.69) is 25.6 Å². The number of nitrogens with two attached hydrogens (primary N) is 2. The zero-order chi connectivity index (χ0) is 20.1. The van der Waals surface area contributed by atoms with Gasteiger partial charge in [0.15, 0.2) is 5.96 Å². The first-order valence-corrected chi connectivity index (χ1v) is 9.50. The molecule has 1 aliphatic rings. The number of amides is 1. The number of carbonyl (C=O) groups excluding carboxylic acids is 1. The van der Waals surface area contributed by atoms with E-state index in [9.17, 15) is 4.79 Å². The molecule has 30 heavy (non-hydrogen) atoms. The third-order valence-corrected chi connectivity index (χ3v) is 4.82. The Hall–Kier alpha value is -2.36. The number of benzene rings is 1. The van der Waals surface area contributed by atoms with E-state index in [4.69, 9.17) is 16.6 Å². The zero-order valence-corrected chi connectivity index (χ0v) is 18.4. The van der Waals surface area contributed by atoms with Gasteiger partial charge in [-0.2, -0.15) is 0 Å². The number of hydrogen-bond donors (Lipinski definition) is 5. The summed E-state index contributed by atoms with van der Waals surface area (Å²) in [5.74, 6) is 0.294. The monoisotopic (exact) mass is 457 g/mol. The maximum Gasteiger partial charge on any atom is 0.289 e. The predicted molar refractivity (Wildman–Crippen MR) is 124 cm³/mol. The quantitative estimate of drug-likeness (QED) is 0.325. The van der Waals surface area contributed by atoms with Crippen molar-refractivity contribution in [2.45, 2.75) is 44.7 Å². The summed E-state index contributed by atoms with van der Waals surface area (Å²) in [5.41, 5.74) is 12.9. The first-order valence-electron chi connectivity index (χ1n) is 9.50. The molecule has 1 fully saturated rings. The summed E-state index contributed by atoms with van der Waals surface area (Å²) in [6.07, 6.45) is 3.93. The Morgan fingerprint density at radius 1 is 1.23 bits per heavy atom. The SMILES string of the molecule is Cc1ccc2nc(C(=O)NCCO)nc(N[C@H]3CCCC[C@H]3N=C(N)N)c2c1.Cl.Cl. The van der Waals surface area contributed by atoms with Gasteiger partial charge in [0.25, 0.3) is 5.91 Å². The first-order chi connectivity index (χ1) is 13.5. The second kappa shape index (κ2) is 11.7. The number of fused-ring (bicyclic) bond motifs is 1.